The van der Waals surface area contributed by atoms with Crippen molar-refractivity contribution >= 4 is 17.5 Å². The second kappa shape index (κ2) is 9.37. The zero-order valence-electron chi connectivity index (χ0n) is 18.8. The molecule has 1 aliphatic rings. The number of allylic oxidation sites excluding steroid dienone is 1. The molecule has 4 rings (SSSR count). The molecule has 0 saturated heterocycles. The van der Waals surface area contributed by atoms with Gasteiger partial charge in [0.05, 0.1) is 16.6 Å². The Balaban J connectivity index is 1.76. The summed E-state index contributed by atoms with van der Waals surface area (Å²) in [5, 5.41) is -0.743. The number of nitrogens with zero attached hydrogens (tertiary/aromatic N) is 3. The molecule has 9 heteroatoms. The highest BCUT2D eigenvalue weighted by atomic mass is 32.2. The van der Waals surface area contributed by atoms with E-state index in [2.05, 4.69) is 9.97 Å². The third-order valence-corrected chi connectivity index (χ3v) is 6.74. The van der Waals surface area contributed by atoms with Crippen LogP contribution in [0.15, 0.2) is 59.3 Å². The SMILES string of the molecule is Cc1cc(C(=C2CC2)N(C)C)ncc1C(Sc1ccc(C(F)(F)F)nc1)c1cc(F)ccc1F. The lowest BCUT2D eigenvalue weighted by atomic mass is 10.00. The predicted octanol–water partition coefficient (Wildman–Crippen LogP) is 7.03. The standard InChI is InChI=1S/C25H22F5N3S/c1-14-10-21(23(33(2)3)15-4-5-15)31-13-19(14)24(18-11-16(26)6-8-20(18)27)34-17-7-9-22(32-12-17)25(28,29)30/h6-13,24H,4-5H2,1-3H3. The summed E-state index contributed by atoms with van der Waals surface area (Å²) in [6.45, 7) is 1.86. The van der Waals surface area contributed by atoms with E-state index in [0.717, 1.165) is 72.0 Å². The largest absolute Gasteiger partial charge is 0.433 e. The number of halogens is 5. The highest BCUT2D eigenvalue weighted by molar-refractivity contribution is 7.99. The quantitative estimate of drug-likeness (QED) is 0.273. The Hall–Kier alpha value is -2.94. The number of hydrogen-bond acceptors (Lipinski definition) is 4. The van der Waals surface area contributed by atoms with Crippen LogP contribution in [0.25, 0.3) is 5.70 Å². The van der Waals surface area contributed by atoms with E-state index in [1.807, 2.05) is 32.0 Å². The highest BCUT2D eigenvalue weighted by Gasteiger charge is 2.32. The highest BCUT2D eigenvalue weighted by Crippen LogP contribution is 2.44. The van der Waals surface area contributed by atoms with Gasteiger partial charge in [0.15, 0.2) is 0 Å². The van der Waals surface area contributed by atoms with E-state index in [-0.39, 0.29) is 5.56 Å². The van der Waals surface area contributed by atoms with E-state index >= 15 is 0 Å². The van der Waals surface area contributed by atoms with Gasteiger partial charge in [0.2, 0.25) is 0 Å². The molecule has 1 saturated carbocycles. The molecular formula is C25H22F5N3S. The van der Waals surface area contributed by atoms with Crippen molar-refractivity contribution in [1.29, 1.82) is 0 Å². The van der Waals surface area contributed by atoms with Crippen molar-refractivity contribution in [2.24, 2.45) is 0 Å². The van der Waals surface area contributed by atoms with Crippen LogP contribution in [-0.2, 0) is 6.18 Å². The van der Waals surface area contributed by atoms with E-state index in [0.29, 0.717) is 10.5 Å². The average Bonchev–Trinajstić information content (AvgIpc) is 3.59. The zero-order chi connectivity index (χ0) is 24.6. The predicted molar refractivity (Wildman–Crippen MR) is 122 cm³/mol. The fourth-order valence-corrected chi connectivity index (χ4v) is 4.97. The Morgan fingerprint density at radius 1 is 0.971 bits per heavy atom. The van der Waals surface area contributed by atoms with Crippen LogP contribution in [0.3, 0.4) is 0 Å². The van der Waals surface area contributed by atoms with Crippen LogP contribution in [0.2, 0.25) is 0 Å². The number of aromatic nitrogens is 2. The maximum atomic E-state index is 14.8. The van der Waals surface area contributed by atoms with Gasteiger partial charge in [0.1, 0.15) is 17.3 Å². The van der Waals surface area contributed by atoms with E-state index < -0.39 is 28.8 Å². The topological polar surface area (TPSA) is 29.0 Å². The lowest BCUT2D eigenvalue weighted by molar-refractivity contribution is -0.141. The fourth-order valence-electron chi connectivity index (χ4n) is 3.76. The molecule has 34 heavy (non-hydrogen) atoms. The van der Waals surface area contributed by atoms with Crippen LogP contribution >= 0.6 is 11.8 Å². The Labute approximate surface area is 198 Å². The van der Waals surface area contributed by atoms with E-state index in [9.17, 15) is 22.0 Å². The van der Waals surface area contributed by atoms with Crippen molar-refractivity contribution in [3.63, 3.8) is 0 Å². The minimum Gasteiger partial charge on any atom is -0.376 e. The molecule has 1 fully saturated rings. The van der Waals surface area contributed by atoms with E-state index in [4.69, 9.17) is 0 Å². The molecule has 1 aromatic carbocycles. The van der Waals surface area contributed by atoms with Crippen molar-refractivity contribution in [3.05, 3.63) is 94.1 Å². The van der Waals surface area contributed by atoms with Gasteiger partial charge < -0.3 is 4.90 Å². The fraction of sp³-hybridized carbons (Fsp3) is 0.280. The molecule has 0 amide bonds. The van der Waals surface area contributed by atoms with Gasteiger partial charge in [-0.3, -0.25) is 9.97 Å². The van der Waals surface area contributed by atoms with Crippen LogP contribution in [0, 0.1) is 18.6 Å². The van der Waals surface area contributed by atoms with Crippen LogP contribution in [-0.4, -0.2) is 29.0 Å². The number of aryl methyl sites for hydroxylation is 1. The molecule has 1 aliphatic carbocycles. The first-order valence-corrected chi connectivity index (χ1v) is 11.4. The minimum atomic E-state index is -4.56. The summed E-state index contributed by atoms with van der Waals surface area (Å²) in [6, 6.07) is 7.24. The lowest BCUT2D eigenvalue weighted by Crippen LogP contribution is -2.12. The van der Waals surface area contributed by atoms with Gasteiger partial charge in [0, 0.05) is 36.9 Å². The van der Waals surface area contributed by atoms with Crippen molar-refractivity contribution in [1.82, 2.24) is 14.9 Å². The normalized spacial score (nSPS) is 14.2. The zero-order valence-corrected chi connectivity index (χ0v) is 19.6. The first kappa shape index (κ1) is 24.2. The molecule has 0 bridgehead atoms. The van der Waals surface area contributed by atoms with E-state index in [1.54, 1.807) is 6.20 Å². The second-order valence-electron chi connectivity index (χ2n) is 8.31. The van der Waals surface area contributed by atoms with Crippen LogP contribution in [0.4, 0.5) is 22.0 Å². The maximum Gasteiger partial charge on any atom is 0.433 e. The van der Waals surface area contributed by atoms with Gasteiger partial charge in [-0.05, 0) is 72.9 Å². The summed E-state index contributed by atoms with van der Waals surface area (Å²) in [5.41, 5.74) is 3.65. The molecule has 0 aliphatic heterocycles. The Morgan fingerprint density at radius 2 is 1.71 bits per heavy atom. The molecule has 1 atom stereocenters. The number of alkyl halides is 3. The van der Waals surface area contributed by atoms with E-state index in [1.165, 1.54) is 11.6 Å². The summed E-state index contributed by atoms with van der Waals surface area (Å²) in [4.78, 5) is 10.5. The maximum absolute atomic E-state index is 14.8. The lowest BCUT2D eigenvalue weighted by Gasteiger charge is -2.22. The molecule has 2 heterocycles. The van der Waals surface area contributed by atoms with Gasteiger partial charge in [-0.2, -0.15) is 13.2 Å². The van der Waals surface area contributed by atoms with Crippen LogP contribution in [0.1, 0.15) is 46.2 Å². The Morgan fingerprint density at radius 3 is 2.26 bits per heavy atom. The molecule has 0 spiro atoms. The van der Waals surface area contributed by atoms with Gasteiger partial charge in [0.25, 0.3) is 0 Å². The van der Waals surface area contributed by atoms with Crippen LogP contribution in [0.5, 0.6) is 0 Å². The summed E-state index contributed by atoms with van der Waals surface area (Å²) in [5.74, 6) is -1.22. The Kier molecular flexibility index (Phi) is 6.66. The van der Waals surface area contributed by atoms with Gasteiger partial charge >= 0.3 is 6.18 Å². The molecule has 3 nitrogen and oxygen atoms in total. The van der Waals surface area contributed by atoms with Crippen molar-refractivity contribution < 1.29 is 22.0 Å². The molecule has 0 N–H and O–H groups in total. The molecule has 178 valence electrons. The molecule has 2 aromatic heterocycles. The van der Waals surface area contributed by atoms with Crippen LogP contribution < -0.4 is 0 Å². The number of thioether (sulfide) groups is 1. The van der Waals surface area contributed by atoms with Gasteiger partial charge in [-0.1, -0.05) is 0 Å². The summed E-state index contributed by atoms with van der Waals surface area (Å²) in [6.07, 6.45) is 0.203. The minimum absolute atomic E-state index is 0.0796. The number of benzene rings is 1. The average molecular weight is 492 g/mol. The molecular weight excluding hydrogens is 469 g/mol. The second-order valence-corrected chi connectivity index (χ2v) is 9.49. The van der Waals surface area contributed by atoms with Crippen molar-refractivity contribution in [3.8, 4) is 0 Å². The molecule has 1 unspecified atom stereocenters. The number of hydrogen-bond donors (Lipinski definition) is 0. The third kappa shape index (κ3) is 5.24. The summed E-state index contributed by atoms with van der Waals surface area (Å²) < 4.78 is 67.6. The van der Waals surface area contributed by atoms with Gasteiger partial charge in [-0.25, -0.2) is 8.78 Å². The summed E-state index contributed by atoms with van der Waals surface area (Å²) >= 11 is 1.09. The Bertz CT molecular complexity index is 1230. The summed E-state index contributed by atoms with van der Waals surface area (Å²) in [7, 11) is 3.90. The first-order valence-electron chi connectivity index (χ1n) is 10.6. The molecule has 0 radical (unpaired) electrons. The third-order valence-electron chi connectivity index (χ3n) is 5.48. The number of rotatable bonds is 6. The van der Waals surface area contributed by atoms with Gasteiger partial charge in [-0.15, -0.1) is 11.8 Å². The number of pyridine rings is 2. The molecule has 3 aromatic rings. The van der Waals surface area contributed by atoms with Crippen molar-refractivity contribution in [2.75, 3.05) is 14.1 Å². The smallest absolute Gasteiger partial charge is 0.376 e. The monoisotopic (exact) mass is 491 g/mol. The first-order chi connectivity index (χ1) is 16.0. The van der Waals surface area contributed by atoms with Crippen molar-refractivity contribution in [2.45, 2.75) is 36.1 Å².